The molecular formula is C55H65ClN4O13. The van der Waals surface area contributed by atoms with Crippen molar-refractivity contribution in [3.63, 3.8) is 0 Å². The lowest BCUT2D eigenvalue weighted by atomic mass is 9.98. The molecule has 10 atom stereocenters. The molecule has 390 valence electrons. The average Bonchev–Trinajstić information content (AvgIpc) is 3.90. The number of aromatic nitrogens is 2. The minimum Gasteiger partial charge on any atom is -1.00 e. The van der Waals surface area contributed by atoms with Crippen molar-refractivity contribution in [2.24, 2.45) is 0 Å². The minimum atomic E-state index is -1.59. The van der Waals surface area contributed by atoms with Gasteiger partial charge in [0.2, 0.25) is 0 Å². The number of alkyl carbamates (subject to hydrolysis) is 1. The molecule has 0 spiro atoms. The predicted molar refractivity (Wildman–Crippen MR) is 263 cm³/mol. The zero-order valence-electron chi connectivity index (χ0n) is 40.8. The number of carbonyl (C=O) groups excluding carboxylic acids is 1. The van der Waals surface area contributed by atoms with Crippen molar-refractivity contribution in [2.75, 3.05) is 46.1 Å². The molecule has 2 saturated heterocycles. The van der Waals surface area contributed by atoms with Crippen LogP contribution in [0.25, 0.3) is 22.2 Å². The fourth-order valence-corrected chi connectivity index (χ4v) is 10.2. The van der Waals surface area contributed by atoms with E-state index in [1.807, 2.05) is 92.7 Å². The Morgan fingerprint density at radius 2 is 1.26 bits per heavy atom. The van der Waals surface area contributed by atoms with E-state index in [0.717, 1.165) is 39.1 Å². The summed E-state index contributed by atoms with van der Waals surface area (Å²) in [6.07, 6.45) is -13.4. The smallest absolute Gasteiger partial charge is 0.407 e. The summed E-state index contributed by atoms with van der Waals surface area (Å²) in [5.41, 5.74) is 7.75. The number of imidazole rings is 1. The maximum absolute atomic E-state index is 13.3. The first kappa shape index (κ1) is 53.8. The van der Waals surface area contributed by atoms with Crippen molar-refractivity contribution >= 4 is 17.1 Å². The van der Waals surface area contributed by atoms with Crippen LogP contribution in [0.5, 0.6) is 5.75 Å². The highest BCUT2D eigenvalue weighted by Gasteiger charge is 2.42. The number of ether oxygens (including phenoxy) is 6. The zero-order valence-corrected chi connectivity index (χ0v) is 41.6. The summed E-state index contributed by atoms with van der Waals surface area (Å²) in [5, 5.41) is 70.8. The SMILES string of the molecule is CCn1c(CNC(=O)OCC2c3ccccc3-c3ccccc32)[n+](CC)c2cc(OCCN(C[C@H](O)[C@@H](O)[C@@H]3OC(c4ccccc4)OC[C@H]3O)C[C@H](O)[C@@H](O)[C@@H]3OC(c4ccccc4)OC[C@H]3O)ccc21.[Cl-]. The van der Waals surface area contributed by atoms with Gasteiger partial charge >= 0.3 is 6.09 Å². The topological polar surface area (TPSA) is 218 Å². The first-order valence-electron chi connectivity index (χ1n) is 24.7. The van der Waals surface area contributed by atoms with E-state index in [4.69, 9.17) is 28.4 Å². The predicted octanol–water partition coefficient (Wildman–Crippen LogP) is 1.09. The Morgan fingerprint density at radius 1 is 0.740 bits per heavy atom. The Balaban J connectivity index is 0.00000711. The number of fused-ring (bicyclic) bond motifs is 4. The monoisotopic (exact) mass is 1020 g/mol. The van der Waals surface area contributed by atoms with Crippen LogP contribution in [0.3, 0.4) is 0 Å². The third-order valence-electron chi connectivity index (χ3n) is 13.8. The highest BCUT2D eigenvalue weighted by molar-refractivity contribution is 5.79. The van der Waals surface area contributed by atoms with Crippen LogP contribution in [0.4, 0.5) is 4.79 Å². The molecule has 2 unspecified atom stereocenters. The Bertz CT molecular complexity index is 2610. The maximum Gasteiger partial charge on any atom is 0.407 e. The number of rotatable bonds is 20. The molecule has 3 heterocycles. The van der Waals surface area contributed by atoms with Gasteiger partial charge < -0.3 is 76.8 Å². The Kier molecular flexibility index (Phi) is 18.2. The number of aryl methyl sites for hydroxylation is 2. The van der Waals surface area contributed by atoms with Gasteiger partial charge in [0.1, 0.15) is 62.1 Å². The molecule has 18 heteroatoms. The lowest BCUT2D eigenvalue weighted by Gasteiger charge is -2.40. The minimum absolute atomic E-state index is 0. The van der Waals surface area contributed by atoms with Gasteiger partial charge in [-0.05, 0) is 48.2 Å². The fraction of sp³-hybridized carbons (Fsp3) is 0.418. The number of benzene rings is 5. The van der Waals surface area contributed by atoms with E-state index in [9.17, 15) is 35.4 Å². The molecule has 7 N–H and O–H groups in total. The lowest BCUT2D eigenvalue weighted by molar-refractivity contribution is -0.676. The van der Waals surface area contributed by atoms with Gasteiger partial charge in [-0.3, -0.25) is 4.90 Å². The number of hydrogen-bond donors (Lipinski definition) is 7. The molecule has 73 heavy (non-hydrogen) atoms. The van der Waals surface area contributed by atoms with Gasteiger partial charge in [0.15, 0.2) is 23.6 Å². The van der Waals surface area contributed by atoms with E-state index in [0.29, 0.717) is 30.0 Å². The Labute approximate surface area is 430 Å². The second-order valence-electron chi connectivity index (χ2n) is 18.4. The Hall–Kier alpha value is -5.51. The normalized spacial score (nSPS) is 22.4. The van der Waals surface area contributed by atoms with Crippen LogP contribution in [0, 0.1) is 0 Å². The van der Waals surface area contributed by atoms with Gasteiger partial charge in [-0.2, -0.15) is 0 Å². The summed E-state index contributed by atoms with van der Waals surface area (Å²) in [6.45, 7) is 5.09. The largest absolute Gasteiger partial charge is 1.00 e. The van der Waals surface area contributed by atoms with E-state index in [-0.39, 0.29) is 70.9 Å². The molecule has 1 aliphatic carbocycles. The summed E-state index contributed by atoms with van der Waals surface area (Å²) in [6, 6.07) is 40.2. The number of aliphatic hydroxyl groups is 6. The van der Waals surface area contributed by atoms with E-state index in [2.05, 4.69) is 38.7 Å². The average molecular weight is 1030 g/mol. The molecule has 6 aromatic rings. The fourth-order valence-electron chi connectivity index (χ4n) is 10.2. The molecular weight excluding hydrogens is 960 g/mol. The standard InChI is InChI=1S/C55H64N4O13.ClH/c1-3-58-42-24-23-36(27-43(42)59(4-2)48(58)28-56-55(66)70-31-41-39-21-13-11-19-37(39)38-20-12-14-22-40(38)41)67-26-25-57(29-44(60)49(64)51-46(62)32-68-53(71-51)34-15-7-5-8-16-34)30-45(61)50(65)52-47(63)33-69-54(72-52)35-17-9-6-10-18-35;/h5-24,27,41,44-47,49-54,60-65H,3-4,25-26,28-33H2,1-2H3;1H/t44-,45-,46+,47+,49+,50+,51+,52+,53?,54?;/m0./s1. The number of nitrogens with one attached hydrogen (secondary N) is 1. The van der Waals surface area contributed by atoms with Crippen LogP contribution in [0.1, 0.15) is 60.4 Å². The molecule has 0 bridgehead atoms. The van der Waals surface area contributed by atoms with Crippen LogP contribution >= 0.6 is 0 Å². The van der Waals surface area contributed by atoms with Crippen molar-refractivity contribution in [3.8, 4) is 16.9 Å². The van der Waals surface area contributed by atoms with Crippen LogP contribution in [-0.2, 0) is 43.3 Å². The second kappa shape index (κ2) is 24.7. The van der Waals surface area contributed by atoms with Crippen LogP contribution in [-0.4, -0.2) is 141 Å². The second-order valence-corrected chi connectivity index (χ2v) is 18.4. The van der Waals surface area contributed by atoms with Crippen LogP contribution < -0.4 is 27.0 Å². The molecule has 0 saturated carbocycles. The molecule has 2 aliphatic heterocycles. The molecule has 0 radical (unpaired) electrons. The number of hydrogen-bond acceptors (Lipinski definition) is 14. The summed E-state index contributed by atoms with van der Waals surface area (Å²) in [7, 11) is 0. The summed E-state index contributed by atoms with van der Waals surface area (Å²) < 4.78 is 39.8. The van der Waals surface area contributed by atoms with E-state index in [1.165, 1.54) is 0 Å². The first-order valence-corrected chi connectivity index (χ1v) is 24.7. The van der Waals surface area contributed by atoms with Crippen molar-refractivity contribution in [1.29, 1.82) is 0 Å². The molecule has 1 aromatic heterocycles. The van der Waals surface area contributed by atoms with Crippen LogP contribution in [0.2, 0.25) is 0 Å². The maximum atomic E-state index is 13.3. The third-order valence-corrected chi connectivity index (χ3v) is 13.8. The lowest BCUT2D eigenvalue weighted by Crippen LogP contribution is -3.00. The molecule has 17 nitrogen and oxygen atoms in total. The van der Waals surface area contributed by atoms with E-state index in [1.54, 1.807) is 29.2 Å². The van der Waals surface area contributed by atoms with Crippen molar-refractivity contribution in [2.45, 2.75) is 101 Å². The quantitative estimate of drug-likeness (QED) is 0.0534. The van der Waals surface area contributed by atoms with Crippen molar-refractivity contribution in [3.05, 3.63) is 155 Å². The van der Waals surface area contributed by atoms with Gasteiger partial charge in [-0.1, -0.05) is 109 Å². The number of amides is 1. The summed E-state index contributed by atoms with van der Waals surface area (Å²) in [4.78, 5) is 14.9. The molecule has 5 aromatic carbocycles. The van der Waals surface area contributed by atoms with E-state index < -0.39 is 67.5 Å². The van der Waals surface area contributed by atoms with Gasteiger partial charge in [-0.15, -0.1) is 0 Å². The van der Waals surface area contributed by atoms with Gasteiger partial charge in [-0.25, -0.2) is 13.9 Å². The number of nitrogens with zero attached hydrogens (tertiary/aromatic N) is 3. The third kappa shape index (κ3) is 12.0. The molecule has 9 rings (SSSR count). The van der Waals surface area contributed by atoms with E-state index >= 15 is 0 Å². The Morgan fingerprint density at radius 3 is 1.78 bits per heavy atom. The summed E-state index contributed by atoms with van der Waals surface area (Å²) >= 11 is 0. The molecule has 2 fully saturated rings. The number of halogens is 1. The van der Waals surface area contributed by atoms with Crippen molar-refractivity contribution in [1.82, 2.24) is 14.8 Å². The number of carbonyl (C=O) groups is 1. The zero-order chi connectivity index (χ0) is 50.3. The van der Waals surface area contributed by atoms with Gasteiger partial charge in [0.25, 0.3) is 5.82 Å². The van der Waals surface area contributed by atoms with Crippen LogP contribution in [0.15, 0.2) is 127 Å². The first-order chi connectivity index (χ1) is 35.0. The highest BCUT2D eigenvalue weighted by Crippen LogP contribution is 2.44. The number of aliphatic hydroxyl groups excluding tert-OH is 6. The van der Waals surface area contributed by atoms with Gasteiger partial charge in [0, 0.05) is 42.7 Å². The summed E-state index contributed by atoms with van der Waals surface area (Å²) in [5.74, 6) is 1.34. The molecule has 1 amide bonds. The highest BCUT2D eigenvalue weighted by atomic mass is 35.5. The molecule has 3 aliphatic rings. The van der Waals surface area contributed by atoms with Gasteiger partial charge in [0.05, 0.1) is 38.5 Å². The van der Waals surface area contributed by atoms with Crippen molar-refractivity contribution < 1.29 is 80.8 Å².